The van der Waals surface area contributed by atoms with Gasteiger partial charge in [-0.1, -0.05) is 17.7 Å². The first-order valence-electron chi connectivity index (χ1n) is 4.82. The monoisotopic (exact) mass is 275 g/mol. The highest BCUT2D eigenvalue weighted by Gasteiger charge is 2.16. The summed E-state index contributed by atoms with van der Waals surface area (Å²) in [5, 5.41) is 0.137. The average Bonchev–Trinajstić information content (AvgIpc) is 2.27. The Labute approximate surface area is 106 Å². The third kappa shape index (κ3) is 3.69. The van der Waals surface area contributed by atoms with Crippen molar-refractivity contribution in [2.24, 2.45) is 10.1 Å². The molecule has 1 rings (SSSR count). The number of halogens is 1. The standard InChI is InChI=1S/C10H14ClN3O2S/c1-14(2)7-13-17(15,16)10-5-8(6-12)3-4-9(10)11/h3-5,7H,6,12H2,1-2H3/b13-7+. The van der Waals surface area contributed by atoms with Crippen molar-refractivity contribution in [3.63, 3.8) is 0 Å². The van der Waals surface area contributed by atoms with Crippen molar-refractivity contribution in [1.82, 2.24) is 4.90 Å². The van der Waals surface area contributed by atoms with Crippen LogP contribution in [0.15, 0.2) is 27.5 Å². The largest absolute Gasteiger partial charge is 0.368 e. The molecule has 5 nitrogen and oxygen atoms in total. The molecule has 0 saturated heterocycles. The molecular formula is C10H14ClN3O2S. The Morgan fingerprint density at radius 3 is 2.65 bits per heavy atom. The second-order valence-corrected chi connectivity index (χ2v) is 5.64. The summed E-state index contributed by atoms with van der Waals surface area (Å²) in [7, 11) is -0.423. The fourth-order valence-corrected chi connectivity index (χ4v) is 2.54. The molecule has 1 aromatic carbocycles. The molecule has 0 aliphatic carbocycles. The topological polar surface area (TPSA) is 75.8 Å². The molecule has 2 N–H and O–H groups in total. The maximum atomic E-state index is 11.9. The molecule has 94 valence electrons. The van der Waals surface area contributed by atoms with Crippen molar-refractivity contribution >= 4 is 28.0 Å². The first-order valence-corrected chi connectivity index (χ1v) is 6.64. The minimum absolute atomic E-state index is 0.0276. The number of benzene rings is 1. The summed E-state index contributed by atoms with van der Waals surface area (Å²) in [5.74, 6) is 0. The molecule has 17 heavy (non-hydrogen) atoms. The van der Waals surface area contributed by atoms with Crippen LogP contribution in [-0.4, -0.2) is 33.8 Å². The highest BCUT2D eigenvalue weighted by molar-refractivity contribution is 7.90. The highest BCUT2D eigenvalue weighted by atomic mass is 35.5. The average molecular weight is 276 g/mol. The number of nitrogens with zero attached hydrogens (tertiary/aromatic N) is 2. The Kier molecular flexibility index (Phi) is 4.50. The van der Waals surface area contributed by atoms with Crippen molar-refractivity contribution in [1.29, 1.82) is 0 Å². The predicted octanol–water partition coefficient (Wildman–Crippen LogP) is 1.08. The van der Waals surface area contributed by atoms with Crippen molar-refractivity contribution in [2.45, 2.75) is 11.4 Å². The Bertz CT molecular complexity index is 526. The Hall–Kier alpha value is -1.11. The van der Waals surface area contributed by atoms with Gasteiger partial charge in [0.25, 0.3) is 10.0 Å². The SMILES string of the molecule is CN(C)/C=N/S(=O)(=O)c1cc(CN)ccc1Cl. The van der Waals surface area contributed by atoms with Crippen LogP contribution in [0.5, 0.6) is 0 Å². The smallest absolute Gasteiger partial charge is 0.285 e. The lowest BCUT2D eigenvalue weighted by Crippen LogP contribution is -2.10. The molecule has 0 aliphatic heterocycles. The molecule has 0 aromatic heterocycles. The van der Waals surface area contributed by atoms with E-state index in [0.717, 1.165) is 0 Å². The molecule has 0 saturated carbocycles. The van der Waals surface area contributed by atoms with Crippen LogP contribution in [0.25, 0.3) is 0 Å². The molecule has 0 fully saturated rings. The van der Waals surface area contributed by atoms with Gasteiger partial charge in [-0.2, -0.15) is 8.42 Å². The van der Waals surface area contributed by atoms with E-state index in [2.05, 4.69) is 4.40 Å². The Morgan fingerprint density at radius 2 is 2.12 bits per heavy atom. The normalized spacial score (nSPS) is 12.0. The minimum Gasteiger partial charge on any atom is -0.368 e. The van der Waals surface area contributed by atoms with Crippen LogP contribution >= 0.6 is 11.6 Å². The van der Waals surface area contributed by atoms with Crippen LogP contribution in [0.4, 0.5) is 0 Å². The molecule has 0 heterocycles. The maximum Gasteiger partial charge on any atom is 0.285 e. The summed E-state index contributed by atoms with van der Waals surface area (Å²) >= 11 is 5.85. The molecule has 0 atom stereocenters. The van der Waals surface area contributed by atoms with Gasteiger partial charge in [-0.05, 0) is 17.7 Å². The van der Waals surface area contributed by atoms with Crippen LogP contribution in [0.2, 0.25) is 5.02 Å². The van der Waals surface area contributed by atoms with E-state index >= 15 is 0 Å². The van der Waals surface area contributed by atoms with Crippen molar-refractivity contribution < 1.29 is 8.42 Å². The number of hydrogen-bond acceptors (Lipinski definition) is 3. The van der Waals surface area contributed by atoms with Crippen LogP contribution in [-0.2, 0) is 16.6 Å². The highest BCUT2D eigenvalue weighted by Crippen LogP contribution is 2.24. The Morgan fingerprint density at radius 1 is 1.47 bits per heavy atom. The maximum absolute atomic E-state index is 11.9. The van der Waals surface area contributed by atoms with Gasteiger partial charge in [-0.25, -0.2) is 0 Å². The lowest BCUT2D eigenvalue weighted by Gasteiger charge is -2.06. The quantitative estimate of drug-likeness (QED) is 0.659. The lowest BCUT2D eigenvalue weighted by molar-refractivity contribution is 0.594. The van der Waals surface area contributed by atoms with Crippen LogP contribution < -0.4 is 5.73 Å². The molecule has 7 heteroatoms. The van der Waals surface area contributed by atoms with Gasteiger partial charge in [-0.15, -0.1) is 4.40 Å². The van der Waals surface area contributed by atoms with Gasteiger partial charge in [-0.3, -0.25) is 0 Å². The summed E-state index contributed by atoms with van der Waals surface area (Å²) in [6.07, 6.45) is 1.21. The van der Waals surface area contributed by atoms with Gasteiger partial charge in [0.1, 0.15) is 11.2 Å². The first kappa shape index (κ1) is 14.0. The lowest BCUT2D eigenvalue weighted by atomic mass is 10.2. The summed E-state index contributed by atoms with van der Waals surface area (Å²) < 4.78 is 27.3. The number of rotatable bonds is 4. The number of sulfonamides is 1. The molecule has 0 aliphatic rings. The van der Waals surface area contributed by atoms with Crippen molar-refractivity contribution in [3.05, 3.63) is 28.8 Å². The third-order valence-corrected chi connectivity index (χ3v) is 3.63. The fraction of sp³-hybridized carbons (Fsp3) is 0.300. The van der Waals surface area contributed by atoms with Crippen LogP contribution in [0.1, 0.15) is 5.56 Å². The van der Waals surface area contributed by atoms with E-state index in [1.165, 1.54) is 23.4 Å². The van der Waals surface area contributed by atoms with E-state index in [-0.39, 0.29) is 16.5 Å². The molecule has 0 radical (unpaired) electrons. The summed E-state index contributed by atoms with van der Waals surface area (Å²) in [5.41, 5.74) is 6.14. The molecular weight excluding hydrogens is 262 g/mol. The minimum atomic E-state index is -3.78. The summed E-state index contributed by atoms with van der Waals surface area (Å²) in [6.45, 7) is 0.247. The van der Waals surface area contributed by atoms with E-state index in [0.29, 0.717) is 5.56 Å². The molecule has 0 bridgehead atoms. The fourth-order valence-electron chi connectivity index (χ4n) is 1.09. The second-order valence-electron chi connectivity index (χ2n) is 3.63. The van der Waals surface area contributed by atoms with Gasteiger partial charge in [0.15, 0.2) is 0 Å². The van der Waals surface area contributed by atoms with Crippen molar-refractivity contribution in [2.75, 3.05) is 14.1 Å². The third-order valence-electron chi connectivity index (χ3n) is 1.93. The van der Waals surface area contributed by atoms with Crippen molar-refractivity contribution in [3.8, 4) is 0 Å². The van der Waals surface area contributed by atoms with Gasteiger partial charge in [0.2, 0.25) is 0 Å². The zero-order valence-corrected chi connectivity index (χ0v) is 11.2. The van der Waals surface area contributed by atoms with E-state index < -0.39 is 10.0 Å². The predicted molar refractivity (Wildman–Crippen MR) is 68.7 cm³/mol. The first-order chi connectivity index (χ1) is 7.86. The number of nitrogens with two attached hydrogens (primary N) is 1. The Balaban J connectivity index is 3.23. The molecule has 0 spiro atoms. The van der Waals surface area contributed by atoms with Crippen LogP contribution in [0, 0.1) is 0 Å². The summed E-state index contributed by atoms with van der Waals surface area (Å²) in [6, 6.07) is 4.61. The van der Waals surface area contributed by atoms with E-state index in [9.17, 15) is 8.42 Å². The molecule has 0 amide bonds. The van der Waals surface area contributed by atoms with Gasteiger partial charge < -0.3 is 10.6 Å². The molecule has 0 unspecified atom stereocenters. The van der Waals surface area contributed by atoms with E-state index in [1.54, 1.807) is 20.2 Å². The zero-order chi connectivity index (χ0) is 13.1. The van der Waals surface area contributed by atoms with E-state index in [4.69, 9.17) is 17.3 Å². The van der Waals surface area contributed by atoms with Crippen LogP contribution in [0.3, 0.4) is 0 Å². The van der Waals surface area contributed by atoms with E-state index in [1.807, 2.05) is 0 Å². The van der Waals surface area contributed by atoms with Gasteiger partial charge in [0.05, 0.1) is 5.02 Å². The molecule has 1 aromatic rings. The van der Waals surface area contributed by atoms with Gasteiger partial charge >= 0.3 is 0 Å². The second kappa shape index (κ2) is 5.48. The van der Waals surface area contributed by atoms with Gasteiger partial charge in [0, 0.05) is 20.6 Å². The zero-order valence-electron chi connectivity index (χ0n) is 9.59. The summed E-state index contributed by atoms with van der Waals surface area (Å²) in [4.78, 5) is 1.50. The number of hydrogen-bond donors (Lipinski definition) is 1.